The van der Waals surface area contributed by atoms with E-state index in [1.54, 1.807) is 0 Å². The quantitative estimate of drug-likeness (QED) is 0.664. The van der Waals surface area contributed by atoms with Gasteiger partial charge in [0, 0.05) is 42.9 Å². The molecule has 1 fully saturated rings. The summed E-state index contributed by atoms with van der Waals surface area (Å²) >= 11 is 2.02. The number of nitrogens with one attached hydrogen (secondary N) is 1. The third kappa shape index (κ3) is 7.19. The zero-order valence-electron chi connectivity index (χ0n) is 17.0. The van der Waals surface area contributed by atoms with Gasteiger partial charge in [-0.2, -0.15) is 11.8 Å². The van der Waals surface area contributed by atoms with E-state index in [-0.39, 0.29) is 42.7 Å². The van der Waals surface area contributed by atoms with E-state index in [4.69, 9.17) is 5.73 Å². The first-order valence-corrected chi connectivity index (χ1v) is 10.7. The Labute approximate surface area is 190 Å². The predicted octanol–water partition coefficient (Wildman–Crippen LogP) is 4.66. The monoisotopic (exact) mass is 455 g/mol. The minimum absolute atomic E-state index is 0. The van der Waals surface area contributed by atoms with Gasteiger partial charge in [0.1, 0.15) is 0 Å². The number of aryl methyl sites for hydroxylation is 1. The Bertz CT molecular complexity index is 770. The molecule has 2 atom stereocenters. The Kier molecular flexibility index (Phi) is 11.1. The van der Waals surface area contributed by atoms with E-state index < -0.39 is 0 Å². The summed E-state index contributed by atoms with van der Waals surface area (Å²) in [6.45, 7) is 7.10. The van der Waals surface area contributed by atoms with Crippen LogP contribution in [-0.4, -0.2) is 35.4 Å². The van der Waals surface area contributed by atoms with Gasteiger partial charge in [0.15, 0.2) is 0 Å². The molecule has 29 heavy (non-hydrogen) atoms. The van der Waals surface area contributed by atoms with Gasteiger partial charge in [-0.1, -0.05) is 49.4 Å². The zero-order valence-corrected chi connectivity index (χ0v) is 19.4. The van der Waals surface area contributed by atoms with Crippen LogP contribution in [0, 0.1) is 12.8 Å². The first kappa shape index (κ1) is 25.8. The normalized spacial score (nSPS) is 16.1. The average Bonchev–Trinajstić information content (AvgIpc) is 2.70. The van der Waals surface area contributed by atoms with Crippen molar-refractivity contribution in [3.63, 3.8) is 0 Å². The maximum absolute atomic E-state index is 12.8. The van der Waals surface area contributed by atoms with Crippen LogP contribution in [0.1, 0.15) is 29.7 Å². The molecular weight excluding hydrogens is 425 g/mol. The van der Waals surface area contributed by atoms with E-state index in [9.17, 15) is 4.79 Å². The maximum Gasteiger partial charge on any atom is 0.229 e. The van der Waals surface area contributed by atoms with Gasteiger partial charge in [-0.3, -0.25) is 9.69 Å². The van der Waals surface area contributed by atoms with Crippen LogP contribution in [0.5, 0.6) is 0 Å². The number of anilines is 1. The highest BCUT2D eigenvalue weighted by atomic mass is 35.5. The zero-order chi connectivity index (χ0) is 19.2. The van der Waals surface area contributed by atoms with Crippen LogP contribution in [0.3, 0.4) is 0 Å². The third-order valence-electron chi connectivity index (χ3n) is 5.21. The van der Waals surface area contributed by atoms with Gasteiger partial charge in [0.25, 0.3) is 0 Å². The average molecular weight is 456 g/mol. The SMILES string of the molecule is Cc1ccc(CN2CCSCC2)cc1NC(=O)C(C)C(N)c1ccccc1.Cl.Cl. The van der Waals surface area contributed by atoms with Crippen LogP contribution >= 0.6 is 36.6 Å². The molecule has 0 radical (unpaired) electrons. The highest BCUT2D eigenvalue weighted by Crippen LogP contribution is 2.24. The molecule has 160 valence electrons. The Morgan fingerprint density at radius 2 is 1.79 bits per heavy atom. The molecule has 0 spiro atoms. The fourth-order valence-electron chi connectivity index (χ4n) is 3.29. The van der Waals surface area contributed by atoms with E-state index in [1.165, 1.54) is 17.1 Å². The Hall–Kier alpha value is -1.24. The molecule has 0 aromatic heterocycles. The van der Waals surface area contributed by atoms with Crippen LogP contribution in [0.4, 0.5) is 5.69 Å². The van der Waals surface area contributed by atoms with Crippen molar-refractivity contribution in [2.45, 2.75) is 26.4 Å². The van der Waals surface area contributed by atoms with Crippen LogP contribution in [0.25, 0.3) is 0 Å². The van der Waals surface area contributed by atoms with Crippen LogP contribution in [-0.2, 0) is 11.3 Å². The predicted molar refractivity (Wildman–Crippen MR) is 129 cm³/mol. The minimum Gasteiger partial charge on any atom is -0.326 e. The number of thioether (sulfide) groups is 1. The maximum atomic E-state index is 12.8. The lowest BCUT2D eigenvalue weighted by atomic mass is 9.94. The van der Waals surface area contributed by atoms with Gasteiger partial charge < -0.3 is 11.1 Å². The Morgan fingerprint density at radius 3 is 2.45 bits per heavy atom. The molecule has 2 aromatic carbocycles. The molecule has 2 unspecified atom stereocenters. The van der Waals surface area contributed by atoms with Gasteiger partial charge in [0.2, 0.25) is 5.91 Å². The largest absolute Gasteiger partial charge is 0.326 e. The van der Waals surface area contributed by atoms with Crippen molar-refractivity contribution in [3.8, 4) is 0 Å². The number of benzene rings is 2. The van der Waals surface area contributed by atoms with Crippen LogP contribution in [0.2, 0.25) is 0 Å². The molecule has 0 saturated carbocycles. The smallest absolute Gasteiger partial charge is 0.229 e. The summed E-state index contributed by atoms with van der Waals surface area (Å²) in [5.41, 5.74) is 10.5. The molecule has 4 nitrogen and oxygen atoms in total. The molecule has 1 amide bonds. The van der Waals surface area contributed by atoms with Crippen molar-refractivity contribution in [1.29, 1.82) is 0 Å². The van der Waals surface area contributed by atoms with E-state index in [0.717, 1.165) is 36.4 Å². The first-order chi connectivity index (χ1) is 13.0. The summed E-state index contributed by atoms with van der Waals surface area (Å²) in [4.78, 5) is 15.2. The number of nitrogens with zero attached hydrogens (tertiary/aromatic N) is 1. The van der Waals surface area contributed by atoms with Gasteiger partial charge >= 0.3 is 0 Å². The summed E-state index contributed by atoms with van der Waals surface area (Å²) in [5.74, 6) is 2.05. The molecule has 1 aliphatic heterocycles. The van der Waals surface area contributed by atoms with Crippen molar-refractivity contribution in [1.82, 2.24) is 4.90 Å². The summed E-state index contributed by atoms with van der Waals surface area (Å²) < 4.78 is 0. The summed E-state index contributed by atoms with van der Waals surface area (Å²) in [6.07, 6.45) is 0. The second-order valence-electron chi connectivity index (χ2n) is 7.25. The van der Waals surface area contributed by atoms with Crippen molar-refractivity contribution < 1.29 is 4.79 Å². The molecule has 0 aliphatic carbocycles. The molecule has 2 aromatic rings. The lowest BCUT2D eigenvalue weighted by Gasteiger charge is -2.26. The number of hydrogen-bond donors (Lipinski definition) is 2. The molecule has 1 saturated heterocycles. The third-order valence-corrected chi connectivity index (χ3v) is 6.15. The second-order valence-corrected chi connectivity index (χ2v) is 8.48. The summed E-state index contributed by atoms with van der Waals surface area (Å²) in [5, 5.41) is 3.10. The van der Waals surface area contributed by atoms with Crippen molar-refractivity contribution in [2.24, 2.45) is 11.7 Å². The van der Waals surface area contributed by atoms with Gasteiger partial charge in [-0.15, -0.1) is 24.8 Å². The minimum atomic E-state index is -0.319. The van der Waals surface area contributed by atoms with Crippen molar-refractivity contribution in [2.75, 3.05) is 29.9 Å². The fourth-order valence-corrected chi connectivity index (χ4v) is 4.27. The topological polar surface area (TPSA) is 58.4 Å². The lowest BCUT2D eigenvalue weighted by Crippen LogP contribution is -2.32. The van der Waals surface area contributed by atoms with Gasteiger partial charge in [-0.05, 0) is 29.7 Å². The van der Waals surface area contributed by atoms with Crippen molar-refractivity contribution in [3.05, 3.63) is 65.2 Å². The molecule has 3 rings (SSSR count). The number of hydrogen-bond acceptors (Lipinski definition) is 4. The second kappa shape index (κ2) is 12.5. The molecule has 1 heterocycles. The van der Waals surface area contributed by atoms with Crippen molar-refractivity contribution >= 4 is 48.2 Å². The summed E-state index contributed by atoms with van der Waals surface area (Å²) in [7, 11) is 0. The number of nitrogens with two attached hydrogens (primary N) is 1. The lowest BCUT2D eigenvalue weighted by molar-refractivity contribution is -0.120. The highest BCUT2D eigenvalue weighted by Gasteiger charge is 2.22. The molecule has 3 N–H and O–H groups in total. The summed E-state index contributed by atoms with van der Waals surface area (Å²) in [6, 6.07) is 15.8. The molecule has 1 aliphatic rings. The standard InChI is InChI=1S/C22H29N3OS.2ClH/c1-16-8-9-18(15-25-10-12-27-13-11-25)14-20(16)24-22(26)17(2)21(23)19-6-4-3-5-7-19;;/h3-9,14,17,21H,10-13,15,23H2,1-2H3,(H,24,26);2*1H. The number of amides is 1. The van der Waals surface area contributed by atoms with E-state index in [1.807, 2.05) is 55.9 Å². The van der Waals surface area contributed by atoms with E-state index in [0.29, 0.717) is 0 Å². The number of halogens is 2. The fraction of sp³-hybridized carbons (Fsp3) is 0.409. The molecule has 7 heteroatoms. The Morgan fingerprint density at radius 1 is 1.14 bits per heavy atom. The highest BCUT2D eigenvalue weighted by molar-refractivity contribution is 7.99. The van der Waals surface area contributed by atoms with Crippen LogP contribution < -0.4 is 11.1 Å². The van der Waals surface area contributed by atoms with E-state index in [2.05, 4.69) is 28.4 Å². The number of rotatable bonds is 6. The van der Waals surface area contributed by atoms with Gasteiger partial charge in [0.05, 0.1) is 5.92 Å². The van der Waals surface area contributed by atoms with E-state index >= 15 is 0 Å². The molecule has 0 bridgehead atoms. The van der Waals surface area contributed by atoms with Crippen LogP contribution in [0.15, 0.2) is 48.5 Å². The first-order valence-electron chi connectivity index (χ1n) is 9.55. The van der Waals surface area contributed by atoms with Gasteiger partial charge in [-0.25, -0.2) is 0 Å². The number of carbonyl (C=O) groups is 1. The number of carbonyl (C=O) groups excluding carboxylic acids is 1. The molecular formula is C22H31Cl2N3OS. The Balaban J connectivity index is 0.00000210.